The molecule has 0 amide bonds. The molecule has 0 radical (unpaired) electrons. The van der Waals surface area contributed by atoms with E-state index in [1.54, 1.807) is 0 Å². The van der Waals surface area contributed by atoms with Gasteiger partial charge in [0.25, 0.3) is 0 Å². The molecule has 1 aromatic carbocycles. The minimum atomic E-state index is -0.878. The zero-order chi connectivity index (χ0) is 15.6. The van der Waals surface area contributed by atoms with E-state index in [-0.39, 0.29) is 18.1 Å². The van der Waals surface area contributed by atoms with Crippen molar-refractivity contribution in [1.29, 1.82) is 0 Å². The minimum absolute atomic E-state index is 0.0803. The Kier molecular flexibility index (Phi) is 4.80. The Morgan fingerprint density at radius 2 is 1.71 bits per heavy atom. The second-order valence-corrected chi connectivity index (χ2v) is 7.31. The molecule has 0 saturated heterocycles. The average molecular weight is 294 g/mol. The predicted molar refractivity (Wildman–Crippen MR) is 80.0 cm³/mol. The number of benzene rings is 1. The molecule has 0 bridgehead atoms. The number of hydrogen-bond acceptors (Lipinski definition) is 1. The lowest BCUT2D eigenvalue weighted by atomic mass is 9.69. The van der Waals surface area contributed by atoms with Crippen molar-refractivity contribution in [2.24, 2.45) is 17.3 Å². The van der Waals surface area contributed by atoms with Gasteiger partial charge in [0.2, 0.25) is 0 Å². The fourth-order valence-electron chi connectivity index (χ4n) is 3.28. The van der Waals surface area contributed by atoms with Crippen LogP contribution in [0.15, 0.2) is 18.2 Å². The summed E-state index contributed by atoms with van der Waals surface area (Å²) >= 11 is 0. The summed E-state index contributed by atoms with van der Waals surface area (Å²) < 4.78 is 26.1. The minimum Gasteiger partial charge on any atom is -0.299 e. The van der Waals surface area contributed by atoms with Gasteiger partial charge in [0.1, 0.15) is 5.78 Å². The number of rotatable bonds is 3. The van der Waals surface area contributed by atoms with Crippen LogP contribution in [-0.4, -0.2) is 5.78 Å². The highest BCUT2D eigenvalue weighted by molar-refractivity contribution is 5.83. The zero-order valence-corrected chi connectivity index (χ0v) is 13.1. The molecule has 1 aromatic rings. The Morgan fingerprint density at radius 1 is 1.10 bits per heavy atom. The third-order valence-corrected chi connectivity index (χ3v) is 4.77. The highest BCUT2D eigenvalue weighted by Gasteiger charge is 2.32. The summed E-state index contributed by atoms with van der Waals surface area (Å²) in [5.41, 5.74) is 0.866. The molecule has 116 valence electrons. The van der Waals surface area contributed by atoms with Crippen LogP contribution in [0.2, 0.25) is 0 Å². The molecule has 1 fully saturated rings. The smallest absolute Gasteiger partial charge is 0.159 e. The van der Waals surface area contributed by atoms with Crippen LogP contribution in [0.5, 0.6) is 0 Å². The first-order chi connectivity index (χ1) is 9.77. The first kappa shape index (κ1) is 16.1. The molecule has 1 nitrogen and oxygen atoms in total. The van der Waals surface area contributed by atoms with Crippen molar-refractivity contribution in [1.82, 2.24) is 0 Å². The lowest BCUT2D eigenvalue weighted by molar-refractivity contribution is -0.123. The molecule has 1 saturated carbocycles. The van der Waals surface area contributed by atoms with E-state index in [1.807, 2.05) is 0 Å². The first-order valence-corrected chi connectivity index (χ1v) is 7.74. The molecular weight excluding hydrogens is 270 g/mol. The molecule has 0 aliphatic heterocycles. The molecule has 1 aliphatic rings. The maximum Gasteiger partial charge on any atom is 0.159 e. The standard InChI is InChI=1S/C18H24F2O/c1-18(2,3)14-7-5-13(6-8-14)17(21)11-12-4-9-15(19)16(20)10-12/h4,9-10,13-14H,5-8,11H2,1-3H3. The highest BCUT2D eigenvalue weighted by Crippen LogP contribution is 2.40. The second-order valence-electron chi connectivity index (χ2n) is 7.31. The fourth-order valence-corrected chi connectivity index (χ4v) is 3.28. The van der Waals surface area contributed by atoms with Gasteiger partial charge < -0.3 is 0 Å². The SMILES string of the molecule is CC(C)(C)C1CCC(C(=O)Cc2ccc(F)c(F)c2)CC1. The molecule has 0 unspecified atom stereocenters. The third-order valence-electron chi connectivity index (χ3n) is 4.77. The summed E-state index contributed by atoms with van der Waals surface area (Å²) in [5, 5.41) is 0. The Balaban J connectivity index is 1.92. The van der Waals surface area contributed by atoms with Gasteiger partial charge in [0.15, 0.2) is 11.6 Å². The van der Waals surface area contributed by atoms with E-state index in [1.165, 1.54) is 6.07 Å². The summed E-state index contributed by atoms with van der Waals surface area (Å²) in [4.78, 5) is 12.3. The van der Waals surface area contributed by atoms with Gasteiger partial charge in [0, 0.05) is 12.3 Å². The summed E-state index contributed by atoms with van der Waals surface area (Å²) in [6.07, 6.45) is 4.21. The van der Waals surface area contributed by atoms with Gasteiger partial charge in [-0.25, -0.2) is 8.78 Å². The molecule has 0 heterocycles. The predicted octanol–water partition coefficient (Wildman–Crippen LogP) is 4.93. The van der Waals surface area contributed by atoms with Crippen LogP contribution in [0.1, 0.15) is 52.0 Å². The molecule has 0 spiro atoms. The van der Waals surface area contributed by atoms with Crippen LogP contribution >= 0.6 is 0 Å². The van der Waals surface area contributed by atoms with Crippen molar-refractivity contribution in [2.45, 2.75) is 52.9 Å². The Hall–Kier alpha value is -1.25. The summed E-state index contributed by atoms with van der Waals surface area (Å²) in [6, 6.07) is 3.72. The van der Waals surface area contributed by atoms with Gasteiger partial charge in [-0.05, 0) is 54.7 Å². The normalized spacial score (nSPS) is 23.1. The monoisotopic (exact) mass is 294 g/mol. The largest absolute Gasteiger partial charge is 0.299 e. The number of halogens is 2. The van der Waals surface area contributed by atoms with E-state index in [2.05, 4.69) is 20.8 Å². The number of hydrogen-bond donors (Lipinski definition) is 0. The van der Waals surface area contributed by atoms with Gasteiger partial charge in [-0.1, -0.05) is 26.8 Å². The van der Waals surface area contributed by atoms with Crippen LogP contribution < -0.4 is 0 Å². The van der Waals surface area contributed by atoms with Gasteiger partial charge in [-0.2, -0.15) is 0 Å². The Bertz CT molecular complexity index is 508. The second kappa shape index (κ2) is 6.25. The lowest BCUT2D eigenvalue weighted by Crippen LogP contribution is -2.29. The number of Topliss-reactive ketones (excluding diaryl/α,β-unsaturated/α-hetero) is 1. The third kappa shape index (κ3) is 4.12. The van der Waals surface area contributed by atoms with E-state index < -0.39 is 11.6 Å². The number of ketones is 1. The van der Waals surface area contributed by atoms with Gasteiger partial charge in [-0.15, -0.1) is 0 Å². The molecule has 2 rings (SSSR count). The van der Waals surface area contributed by atoms with Crippen molar-refractivity contribution in [3.63, 3.8) is 0 Å². The molecule has 0 N–H and O–H groups in total. The highest BCUT2D eigenvalue weighted by atomic mass is 19.2. The maximum absolute atomic E-state index is 13.2. The van der Waals surface area contributed by atoms with Crippen LogP contribution in [0, 0.1) is 28.9 Å². The quantitative estimate of drug-likeness (QED) is 0.772. The van der Waals surface area contributed by atoms with Crippen molar-refractivity contribution in [3.05, 3.63) is 35.4 Å². The molecular formula is C18H24F2O. The summed E-state index contributed by atoms with van der Waals surface area (Å²) in [5.74, 6) is -0.830. The van der Waals surface area contributed by atoms with Crippen molar-refractivity contribution in [3.8, 4) is 0 Å². The number of carbonyl (C=O) groups excluding carboxylic acids is 1. The van der Waals surface area contributed by atoms with E-state index >= 15 is 0 Å². The molecule has 3 heteroatoms. The van der Waals surface area contributed by atoms with Gasteiger partial charge in [-0.3, -0.25) is 4.79 Å². The van der Waals surface area contributed by atoms with E-state index in [0.29, 0.717) is 16.9 Å². The fraction of sp³-hybridized carbons (Fsp3) is 0.611. The van der Waals surface area contributed by atoms with Crippen molar-refractivity contribution in [2.75, 3.05) is 0 Å². The van der Waals surface area contributed by atoms with Gasteiger partial charge in [0.05, 0.1) is 0 Å². The van der Waals surface area contributed by atoms with Crippen LogP contribution in [0.4, 0.5) is 8.78 Å². The van der Waals surface area contributed by atoms with Crippen LogP contribution in [0.25, 0.3) is 0 Å². The number of carbonyl (C=O) groups is 1. The molecule has 1 aliphatic carbocycles. The molecule has 21 heavy (non-hydrogen) atoms. The van der Waals surface area contributed by atoms with Crippen molar-refractivity contribution < 1.29 is 13.6 Å². The Labute approximate surface area is 125 Å². The maximum atomic E-state index is 13.2. The zero-order valence-electron chi connectivity index (χ0n) is 13.1. The van der Waals surface area contributed by atoms with Gasteiger partial charge >= 0.3 is 0 Å². The van der Waals surface area contributed by atoms with E-state index in [4.69, 9.17) is 0 Å². The summed E-state index contributed by atoms with van der Waals surface area (Å²) in [6.45, 7) is 6.75. The molecule has 0 aromatic heterocycles. The first-order valence-electron chi connectivity index (χ1n) is 7.74. The average Bonchev–Trinajstić information content (AvgIpc) is 2.42. The van der Waals surface area contributed by atoms with E-state index in [0.717, 1.165) is 37.8 Å². The van der Waals surface area contributed by atoms with Crippen LogP contribution in [-0.2, 0) is 11.2 Å². The van der Waals surface area contributed by atoms with E-state index in [9.17, 15) is 13.6 Å². The lowest BCUT2D eigenvalue weighted by Gasteiger charge is -2.36. The topological polar surface area (TPSA) is 17.1 Å². The van der Waals surface area contributed by atoms with Crippen molar-refractivity contribution >= 4 is 5.78 Å². The van der Waals surface area contributed by atoms with Crippen LogP contribution in [0.3, 0.4) is 0 Å². The molecule has 0 atom stereocenters. The summed E-state index contributed by atoms with van der Waals surface area (Å²) in [7, 11) is 0. The Morgan fingerprint density at radius 3 is 2.24 bits per heavy atom.